The summed E-state index contributed by atoms with van der Waals surface area (Å²) in [5.74, 6) is 1.97. The van der Waals surface area contributed by atoms with Gasteiger partial charge >= 0.3 is 0 Å². The summed E-state index contributed by atoms with van der Waals surface area (Å²) in [6.45, 7) is 4.14. The van der Waals surface area contributed by atoms with Gasteiger partial charge in [-0.3, -0.25) is 0 Å². The number of nitrogens with two attached hydrogens (primary N) is 1. The summed E-state index contributed by atoms with van der Waals surface area (Å²) in [5.41, 5.74) is 5.90. The fraction of sp³-hybridized carbons (Fsp3) is 0.600. The molecule has 1 aromatic heterocycles. The molecular formula is C10H17NOS. The molecule has 2 nitrogen and oxygen atoms in total. The minimum absolute atomic E-state index is 0.310. The Morgan fingerprint density at radius 3 is 2.92 bits per heavy atom. The summed E-state index contributed by atoms with van der Waals surface area (Å²) in [6.07, 6.45) is 3.99. The van der Waals surface area contributed by atoms with E-state index in [1.165, 1.54) is 4.90 Å². The Hall–Kier alpha value is -0.410. The average Bonchev–Trinajstić information content (AvgIpc) is 2.48. The highest BCUT2D eigenvalue weighted by Gasteiger charge is 2.05. The van der Waals surface area contributed by atoms with E-state index in [2.05, 4.69) is 6.92 Å². The smallest absolute Gasteiger partial charge is 0.114 e. The van der Waals surface area contributed by atoms with E-state index in [1.54, 1.807) is 18.0 Å². The number of hydrogen-bond donors (Lipinski definition) is 1. The van der Waals surface area contributed by atoms with E-state index in [-0.39, 0.29) is 0 Å². The Bertz CT molecular complexity index is 247. The highest BCUT2D eigenvalue weighted by Crippen LogP contribution is 2.23. The van der Waals surface area contributed by atoms with Gasteiger partial charge in [0.15, 0.2) is 0 Å². The lowest BCUT2D eigenvalue weighted by molar-refractivity contribution is 0.527. The first-order valence-corrected chi connectivity index (χ1v) is 5.65. The number of aryl methyl sites for hydroxylation is 1. The van der Waals surface area contributed by atoms with Gasteiger partial charge in [0, 0.05) is 16.7 Å². The minimum Gasteiger partial charge on any atom is -0.468 e. The molecule has 13 heavy (non-hydrogen) atoms. The molecule has 0 saturated carbocycles. The molecule has 2 N–H and O–H groups in total. The van der Waals surface area contributed by atoms with Crippen molar-refractivity contribution < 1.29 is 4.42 Å². The molecule has 3 heteroatoms. The van der Waals surface area contributed by atoms with Crippen LogP contribution in [-0.4, -0.2) is 11.8 Å². The standard InChI is InChI=1S/C10H17NOS/c1-3-4-9(11)7-13-10-5-6-12-8(10)2/h5-6,9H,3-4,7,11H2,1-2H3. The lowest BCUT2D eigenvalue weighted by Crippen LogP contribution is -2.22. The molecule has 0 bridgehead atoms. The van der Waals surface area contributed by atoms with Crippen LogP contribution in [0.25, 0.3) is 0 Å². The maximum atomic E-state index is 5.90. The van der Waals surface area contributed by atoms with Crippen molar-refractivity contribution in [2.75, 3.05) is 5.75 Å². The van der Waals surface area contributed by atoms with Gasteiger partial charge in [0.2, 0.25) is 0 Å². The number of hydrogen-bond acceptors (Lipinski definition) is 3. The van der Waals surface area contributed by atoms with Crippen molar-refractivity contribution in [1.29, 1.82) is 0 Å². The van der Waals surface area contributed by atoms with Gasteiger partial charge in [-0.15, -0.1) is 11.8 Å². The first-order valence-electron chi connectivity index (χ1n) is 4.66. The second-order valence-electron chi connectivity index (χ2n) is 3.20. The average molecular weight is 199 g/mol. The van der Waals surface area contributed by atoms with Crippen molar-refractivity contribution in [1.82, 2.24) is 0 Å². The van der Waals surface area contributed by atoms with E-state index in [0.717, 1.165) is 24.4 Å². The zero-order chi connectivity index (χ0) is 9.68. The zero-order valence-electron chi connectivity index (χ0n) is 8.25. The molecule has 0 radical (unpaired) electrons. The lowest BCUT2D eigenvalue weighted by Gasteiger charge is -2.08. The van der Waals surface area contributed by atoms with Crippen molar-refractivity contribution in [3.8, 4) is 0 Å². The Balaban J connectivity index is 2.30. The molecule has 1 rings (SSSR count). The summed E-state index contributed by atoms with van der Waals surface area (Å²) >= 11 is 1.78. The van der Waals surface area contributed by atoms with Crippen LogP contribution >= 0.6 is 11.8 Å². The molecule has 0 aliphatic heterocycles. The molecule has 1 aromatic rings. The van der Waals surface area contributed by atoms with Gasteiger partial charge < -0.3 is 10.2 Å². The van der Waals surface area contributed by atoms with Gasteiger partial charge in [0.1, 0.15) is 5.76 Å². The van der Waals surface area contributed by atoms with Gasteiger partial charge in [-0.2, -0.15) is 0 Å². The van der Waals surface area contributed by atoms with E-state index in [0.29, 0.717) is 6.04 Å². The fourth-order valence-electron chi connectivity index (χ4n) is 1.17. The van der Waals surface area contributed by atoms with Gasteiger partial charge in [-0.1, -0.05) is 13.3 Å². The van der Waals surface area contributed by atoms with Crippen LogP contribution < -0.4 is 5.73 Å². The Labute approximate surface area is 83.9 Å². The maximum Gasteiger partial charge on any atom is 0.114 e. The summed E-state index contributed by atoms with van der Waals surface area (Å²) < 4.78 is 5.20. The summed E-state index contributed by atoms with van der Waals surface area (Å²) in [6, 6.07) is 2.31. The third-order valence-corrected chi connectivity index (χ3v) is 3.25. The quantitative estimate of drug-likeness (QED) is 0.741. The van der Waals surface area contributed by atoms with E-state index >= 15 is 0 Å². The van der Waals surface area contributed by atoms with Gasteiger partial charge in [-0.05, 0) is 19.4 Å². The van der Waals surface area contributed by atoms with E-state index in [1.807, 2.05) is 13.0 Å². The summed E-state index contributed by atoms with van der Waals surface area (Å²) in [4.78, 5) is 1.21. The van der Waals surface area contributed by atoms with Crippen LogP contribution in [0.15, 0.2) is 21.6 Å². The highest BCUT2D eigenvalue weighted by atomic mass is 32.2. The lowest BCUT2D eigenvalue weighted by atomic mass is 10.2. The number of rotatable bonds is 5. The monoisotopic (exact) mass is 199 g/mol. The van der Waals surface area contributed by atoms with Crippen LogP contribution in [-0.2, 0) is 0 Å². The molecule has 1 unspecified atom stereocenters. The van der Waals surface area contributed by atoms with Crippen LogP contribution in [0, 0.1) is 6.92 Å². The molecule has 0 aliphatic rings. The van der Waals surface area contributed by atoms with Crippen molar-refractivity contribution >= 4 is 11.8 Å². The first kappa shape index (κ1) is 10.7. The number of thioether (sulfide) groups is 1. The molecule has 0 fully saturated rings. The van der Waals surface area contributed by atoms with Gasteiger partial charge in [0.25, 0.3) is 0 Å². The molecule has 0 spiro atoms. The van der Waals surface area contributed by atoms with Crippen LogP contribution in [0.4, 0.5) is 0 Å². The van der Waals surface area contributed by atoms with Crippen LogP contribution in [0.1, 0.15) is 25.5 Å². The molecule has 1 atom stereocenters. The predicted molar refractivity (Wildman–Crippen MR) is 57.1 cm³/mol. The second kappa shape index (κ2) is 5.35. The Morgan fingerprint density at radius 1 is 1.62 bits per heavy atom. The van der Waals surface area contributed by atoms with E-state index in [9.17, 15) is 0 Å². The van der Waals surface area contributed by atoms with E-state index < -0.39 is 0 Å². The predicted octanol–water partition coefficient (Wildman–Crippen LogP) is 2.81. The van der Waals surface area contributed by atoms with Crippen molar-refractivity contribution in [2.24, 2.45) is 5.73 Å². The van der Waals surface area contributed by atoms with Gasteiger partial charge in [0.05, 0.1) is 6.26 Å². The normalized spacial score (nSPS) is 13.2. The molecule has 0 amide bonds. The molecule has 0 aromatic carbocycles. The molecule has 0 aliphatic carbocycles. The topological polar surface area (TPSA) is 39.2 Å². The van der Waals surface area contributed by atoms with Crippen molar-refractivity contribution in [2.45, 2.75) is 37.6 Å². The molecule has 74 valence electrons. The molecule has 1 heterocycles. The second-order valence-corrected chi connectivity index (χ2v) is 4.26. The first-order chi connectivity index (χ1) is 6.24. The SMILES string of the molecule is CCCC(N)CSc1ccoc1C. The van der Waals surface area contributed by atoms with Crippen molar-refractivity contribution in [3.05, 3.63) is 18.1 Å². The van der Waals surface area contributed by atoms with Gasteiger partial charge in [-0.25, -0.2) is 0 Å². The molecular weight excluding hydrogens is 182 g/mol. The van der Waals surface area contributed by atoms with Crippen LogP contribution in [0.3, 0.4) is 0 Å². The Kier molecular flexibility index (Phi) is 4.39. The summed E-state index contributed by atoms with van der Waals surface area (Å²) in [7, 11) is 0. The third-order valence-electron chi connectivity index (χ3n) is 1.92. The molecule has 0 saturated heterocycles. The largest absolute Gasteiger partial charge is 0.468 e. The van der Waals surface area contributed by atoms with Crippen molar-refractivity contribution in [3.63, 3.8) is 0 Å². The maximum absolute atomic E-state index is 5.90. The third kappa shape index (κ3) is 3.44. The minimum atomic E-state index is 0.310. The Morgan fingerprint density at radius 2 is 2.38 bits per heavy atom. The zero-order valence-corrected chi connectivity index (χ0v) is 9.06. The van der Waals surface area contributed by atoms with E-state index in [4.69, 9.17) is 10.2 Å². The summed E-state index contributed by atoms with van der Waals surface area (Å²) in [5, 5.41) is 0. The highest BCUT2D eigenvalue weighted by molar-refractivity contribution is 7.99. The van der Waals surface area contributed by atoms with Crippen LogP contribution in [0.2, 0.25) is 0 Å². The van der Waals surface area contributed by atoms with Crippen LogP contribution in [0.5, 0.6) is 0 Å². The number of furan rings is 1. The fourth-order valence-corrected chi connectivity index (χ4v) is 2.14.